The van der Waals surface area contributed by atoms with Crippen LogP contribution in [0.4, 0.5) is 23.4 Å². The van der Waals surface area contributed by atoms with Crippen molar-refractivity contribution in [1.82, 2.24) is 25.1 Å². The van der Waals surface area contributed by atoms with Gasteiger partial charge in [0.2, 0.25) is 15.9 Å². The summed E-state index contributed by atoms with van der Waals surface area (Å²) in [4.78, 5) is 18.6. The number of benzene rings is 2. The van der Waals surface area contributed by atoms with Gasteiger partial charge in [-0.2, -0.15) is 10.2 Å². The van der Waals surface area contributed by atoms with Crippen molar-refractivity contribution < 1.29 is 40.6 Å². The SMILES string of the molecule is C=C(C(F)F)N(CC(=O)N[C@@H](Cc1cc(F)cc(F)c1)c1nc(C#CC(C)(C)O)ccc1-c1ccc(Cl)c2c(NS(C)(=O)=O)nn(C)c12)/N=C/COCCCC. The minimum Gasteiger partial charge on any atom is -0.378 e. The largest absolute Gasteiger partial charge is 0.378 e. The Balaban J connectivity index is 1.91. The number of carbonyl (C=O) groups excluding carboxylic acids is 1. The average molecular weight is 820 g/mol. The van der Waals surface area contributed by atoms with Crippen molar-refractivity contribution in [3.05, 3.63) is 88.3 Å². The van der Waals surface area contributed by atoms with Crippen molar-refractivity contribution in [2.45, 2.75) is 58.1 Å². The standard InChI is InChI=1S/C38H42ClF4N7O5S/c1-7-8-16-55-17-15-44-50(23(2)36(42)43)22-32(51)46-31(20-24-18-25(40)21-26(41)19-24)34-28(10-9-27(45-34)13-14-38(3,4)52)29-11-12-30(39)33-35(29)49(5)47-37(33)48-56(6,53)54/h9-12,15,18-19,21,31,36,52H,2,7-8,16-17,20,22H2,1,3-6H3,(H,46,51)(H,47,48)/b44-15+/t31-/m0/s1. The lowest BCUT2D eigenvalue weighted by molar-refractivity contribution is -0.122. The number of rotatable bonds is 17. The van der Waals surface area contributed by atoms with Gasteiger partial charge in [0.1, 0.15) is 29.5 Å². The van der Waals surface area contributed by atoms with Gasteiger partial charge in [0.05, 0.1) is 52.4 Å². The van der Waals surface area contributed by atoms with Crippen molar-refractivity contribution in [2.75, 3.05) is 30.7 Å². The van der Waals surface area contributed by atoms with Gasteiger partial charge in [-0.15, -0.1) is 0 Å². The molecule has 0 aliphatic rings. The van der Waals surface area contributed by atoms with E-state index in [1.807, 2.05) is 6.92 Å². The van der Waals surface area contributed by atoms with Crippen LogP contribution in [0, 0.1) is 23.5 Å². The number of carbonyl (C=O) groups is 1. The number of aromatic nitrogens is 3. The predicted molar refractivity (Wildman–Crippen MR) is 208 cm³/mol. The van der Waals surface area contributed by atoms with Crippen LogP contribution in [0.3, 0.4) is 0 Å². The number of ether oxygens (including phenoxy) is 1. The van der Waals surface area contributed by atoms with Gasteiger partial charge < -0.3 is 15.2 Å². The smallest absolute Gasteiger partial charge is 0.279 e. The molecule has 4 aromatic rings. The second-order valence-electron chi connectivity index (χ2n) is 13.3. The molecule has 2 aromatic heterocycles. The van der Waals surface area contributed by atoms with E-state index < -0.39 is 57.9 Å². The van der Waals surface area contributed by atoms with Crippen LogP contribution >= 0.6 is 11.6 Å². The van der Waals surface area contributed by atoms with Crippen LogP contribution in [0.1, 0.15) is 56.6 Å². The third kappa shape index (κ3) is 12.2. The maximum Gasteiger partial charge on any atom is 0.279 e. The second kappa shape index (κ2) is 18.7. The van der Waals surface area contributed by atoms with E-state index in [1.54, 1.807) is 19.2 Å². The van der Waals surface area contributed by atoms with E-state index >= 15 is 0 Å². The number of unbranched alkanes of at least 4 members (excludes halogenated alkanes) is 1. The number of hydrazone groups is 1. The summed E-state index contributed by atoms with van der Waals surface area (Å²) in [6.45, 7) is 7.94. The molecule has 3 N–H and O–H groups in total. The highest BCUT2D eigenvalue weighted by Crippen LogP contribution is 2.40. The monoisotopic (exact) mass is 819 g/mol. The highest BCUT2D eigenvalue weighted by Gasteiger charge is 2.27. The van der Waals surface area contributed by atoms with Gasteiger partial charge in [-0.1, -0.05) is 43.5 Å². The molecule has 4 rings (SSSR count). The Hall–Kier alpha value is -5.02. The summed E-state index contributed by atoms with van der Waals surface area (Å²) in [6, 6.07) is 7.86. The maximum absolute atomic E-state index is 14.5. The molecule has 0 saturated carbocycles. The Morgan fingerprint density at radius 3 is 2.48 bits per heavy atom. The van der Waals surface area contributed by atoms with Crippen molar-refractivity contribution in [3.63, 3.8) is 0 Å². The molecule has 2 aromatic carbocycles. The third-order valence-corrected chi connectivity index (χ3v) is 8.77. The van der Waals surface area contributed by atoms with Gasteiger partial charge in [-0.25, -0.2) is 31.0 Å². The molecule has 1 amide bonds. The van der Waals surface area contributed by atoms with Crippen molar-refractivity contribution in [2.24, 2.45) is 12.1 Å². The number of sulfonamides is 1. The summed E-state index contributed by atoms with van der Waals surface area (Å²) < 4.78 is 90.4. The van der Waals surface area contributed by atoms with E-state index in [0.29, 0.717) is 29.3 Å². The Bertz CT molecular complexity index is 2270. The number of halogens is 5. The van der Waals surface area contributed by atoms with Crippen LogP contribution in [-0.4, -0.2) is 83.5 Å². The molecule has 0 aliphatic carbocycles. The summed E-state index contributed by atoms with van der Waals surface area (Å²) >= 11 is 6.59. The molecule has 56 heavy (non-hydrogen) atoms. The molecular formula is C38H42ClF4N7O5S. The molecule has 1 atom stereocenters. The van der Waals surface area contributed by atoms with Gasteiger partial charge in [0.25, 0.3) is 6.43 Å². The minimum absolute atomic E-state index is 0.0147. The fourth-order valence-electron chi connectivity index (χ4n) is 5.50. The van der Waals surface area contributed by atoms with Crippen LogP contribution in [0.2, 0.25) is 5.02 Å². The Kier molecular flexibility index (Phi) is 14.6. The molecule has 12 nitrogen and oxygen atoms in total. The molecule has 0 bridgehead atoms. The first-order valence-electron chi connectivity index (χ1n) is 17.2. The van der Waals surface area contributed by atoms with E-state index in [1.165, 1.54) is 36.9 Å². The average Bonchev–Trinajstić information content (AvgIpc) is 3.41. The molecule has 18 heteroatoms. The Morgan fingerprint density at radius 1 is 1.18 bits per heavy atom. The number of aryl methyl sites for hydroxylation is 1. The van der Waals surface area contributed by atoms with E-state index in [9.17, 15) is 35.9 Å². The molecular weight excluding hydrogens is 778 g/mol. The number of aliphatic hydroxyl groups is 1. The fourth-order valence-corrected chi connectivity index (χ4v) is 6.23. The van der Waals surface area contributed by atoms with Crippen molar-refractivity contribution in [1.29, 1.82) is 0 Å². The number of anilines is 1. The Morgan fingerprint density at radius 2 is 1.86 bits per heavy atom. The van der Waals surface area contributed by atoms with Gasteiger partial charge in [-0.05, 0) is 68.5 Å². The predicted octanol–water partition coefficient (Wildman–Crippen LogP) is 6.34. The lowest BCUT2D eigenvalue weighted by Gasteiger charge is -2.25. The number of hydrogen-bond donors (Lipinski definition) is 3. The van der Waals surface area contributed by atoms with Crippen LogP contribution < -0.4 is 10.0 Å². The van der Waals surface area contributed by atoms with Crippen LogP contribution in [0.25, 0.3) is 22.0 Å². The van der Waals surface area contributed by atoms with Gasteiger partial charge in [0, 0.05) is 30.8 Å². The first kappa shape index (κ1) is 43.7. The number of pyridine rings is 1. The topological polar surface area (TPSA) is 151 Å². The summed E-state index contributed by atoms with van der Waals surface area (Å²) in [6.07, 6.45) is 0.499. The van der Waals surface area contributed by atoms with E-state index in [0.717, 1.165) is 36.2 Å². The fraction of sp³-hybridized carbons (Fsp3) is 0.368. The quantitative estimate of drug-likeness (QED) is 0.0367. The molecule has 0 aliphatic heterocycles. The van der Waals surface area contributed by atoms with Crippen LogP contribution in [-0.2, 0) is 33.0 Å². The normalized spacial score (nSPS) is 12.5. The summed E-state index contributed by atoms with van der Waals surface area (Å²) in [5, 5.41) is 22.5. The number of hydrogen-bond acceptors (Lipinski definition) is 9. The summed E-state index contributed by atoms with van der Waals surface area (Å²) in [5.74, 6) is 2.77. The zero-order valence-corrected chi connectivity index (χ0v) is 32.9. The number of nitrogens with zero attached hydrogens (tertiary/aromatic N) is 5. The highest BCUT2D eigenvalue weighted by atomic mass is 35.5. The number of alkyl halides is 2. The highest BCUT2D eigenvalue weighted by molar-refractivity contribution is 7.92. The van der Waals surface area contributed by atoms with Crippen molar-refractivity contribution in [3.8, 4) is 23.0 Å². The molecule has 0 saturated heterocycles. The molecule has 0 radical (unpaired) electrons. The van der Waals surface area contributed by atoms with Gasteiger partial charge in [0.15, 0.2) is 5.82 Å². The van der Waals surface area contributed by atoms with E-state index in [-0.39, 0.29) is 46.2 Å². The number of amides is 1. The molecule has 0 unspecified atom stereocenters. The number of nitrogens with one attached hydrogen (secondary N) is 2. The second-order valence-corrected chi connectivity index (χ2v) is 15.4. The zero-order valence-electron chi connectivity index (χ0n) is 31.3. The van der Waals surface area contributed by atoms with Gasteiger partial charge in [-0.3, -0.25) is 19.2 Å². The van der Waals surface area contributed by atoms with Crippen molar-refractivity contribution >= 4 is 50.5 Å². The summed E-state index contributed by atoms with van der Waals surface area (Å²) in [5.41, 5.74) is -0.792. The Labute approximate surface area is 327 Å². The molecule has 0 fully saturated rings. The zero-order chi connectivity index (χ0) is 41.4. The molecule has 300 valence electrons. The first-order chi connectivity index (χ1) is 26.3. The van der Waals surface area contributed by atoms with Crippen LogP contribution in [0.5, 0.6) is 0 Å². The molecule has 2 heterocycles. The third-order valence-electron chi connectivity index (χ3n) is 7.89. The lowest BCUT2D eigenvalue weighted by atomic mass is 9.93. The molecule has 0 spiro atoms. The number of allylic oxidation sites excluding steroid dienone is 1. The first-order valence-corrected chi connectivity index (χ1v) is 19.5. The summed E-state index contributed by atoms with van der Waals surface area (Å²) in [7, 11) is -2.24. The maximum atomic E-state index is 14.5. The minimum atomic E-state index is -3.80. The van der Waals surface area contributed by atoms with E-state index in [4.69, 9.17) is 21.3 Å². The van der Waals surface area contributed by atoms with E-state index in [2.05, 4.69) is 38.7 Å². The number of fused-ring (bicyclic) bond motifs is 1. The van der Waals surface area contributed by atoms with Gasteiger partial charge >= 0.3 is 0 Å². The van der Waals surface area contributed by atoms with Crippen LogP contribution in [0.15, 0.2) is 59.8 Å². The lowest BCUT2D eigenvalue weighted by Crippen LogP contribution is -2.38.